The van der Waals surface area contributed by atoms with Crippen LogP contribution in [0.3, 0.4) is 0 Å². The van der Waals surface area contributed by atoms with Gasteiger partial charge in [0, 0.05) is 0 Å². The summed E-state index contributed by atoms with van der Waals surface area (Å²) in [6.07, 6.45) is 6.35. The maximum absolute atomic E-state index is 12.1. The third-order valence-corrected chi connectivity index (χ3v) is 4.77. The number of unbranched alkanes of at least 4 members (excludes halogenated alkanes) is 5. The second-order valence-corrected chi connectivity index (χ2v) is 7.53. The molecule has 4 heteroatoms. The average molecular weight is 312 g/mol. The van der Waals surface area contributed by atoms with Crippen molar-refractivity contribution in [2.24, 2.45) is 0 Å². The number of hydrogen-bond donors (Lipinski definition) is 0. The van der Waals surface area contributed by atoms with Crippen LogP contribution in [0.25, 0.3) is 0 Å². The van der Waals surface area contributed by atoms with E-state index < -0.39 is 10.1 Å². The first-order valence-electron chi connectivity index (χ1n) is 7.85. The third-order valence-electron chi connectivity index (χ3n) is 3.56. The SMILES string of the molecule is CCCCCCCCS(=O)(=O)Oc1c(C)cc(C)cc1C. The van der Waals surface area contributed by atoms with Crippen LogP contribution >= 0.6 is 0 Å². The highest BCUT2D eigenvalue weighted by atomic mass is 32.2. The van der Waals surface area contributed by atoms with Crippen molar-refractivity contribution in [1.82, 2.24) is 0 Å². The minimum atomic E-state index is -3.49. The standard InChI is InChI=1S/C17H28O3S/c1-5-6-7-8-9-10-11-21(18,19)20-17-15(3)12-14(2)13-16(17)4/h12-13H,5-11H2,1-4H3. The van der Waals surface area contributed by atoms with E-state index in [1.807, 2.05) is 32.9 Å². The normalized spacial score (nSPS) is 11.6. The summed E-state index contributed by atoms with van der Waals surface area (Å²) >= 11 is 0. The van der Waals surface area contributed by atoms with Gasteiger partial charge in [-0.3, -0.25) is 0 Å². The van der Waals surface area contributed by atoms with E-state index >= 15 is 0 Å². The van der Waals surface area contributed by atoms with E-state index in [9.17, 15) is 8.42 Å². The van der Waals surface area contributed by atoms with E-state index in [4.69, 9.17) is 4.18 Å². The van der Waals surface area contributed by atoms with Crippen molar-refractivity contribution in [1.29, 1.82) is 0 Å². The topological polar surface area (TPSA) is 43.4 Å². The molecule has 0 aromatic heterocycles. The fraction of sp³-hybridized carbons (Fsp3) is 0.647. The minimum Gasteiger partial charge on any atom is -0.382 e. The van der Waals surface area contributed by atoms with Gasteiger partial charge < -0.3 is 4.18 Å². The van der Waals surface area contributed by atoms with Gasteiger partial charge in [0.05, 0.1) is 5.75 Å². The van der Waals surface area contributed by atoms with Crippen molar-refractivity contribution in [3.8, 4) is 5.75 Å². The summed E-state index contributed by atoms with van der Waals surface area (Å²) in [6.45, 7) is 7.93. The van der Waals surface area contributed by atoms with Crippen LogP contribution in [0.4, 0.5) is 0 Å². The molecule has 3 nitrogen and oxygen atoms in total. The molecule has 1 aromatic rings. The summed E-state index contributed by atoms with van der Waals surface area (Å²) in [5.41, 5.74) is 2.86. The molecule has 0 atom stereocenters. The molecule has 0 N–H and O–H groups in total. The molecule has 21 heavy (non-hydrogen) atoms. The lowest BCUT2D eigenvalue weighted by Crippen LogP contribution is -2.15. The van der Waals surface area contributed by atoms with Crippen LogP contribution in [0, 0.1) is 20.8 Å². The first kappa shape index (κ1) is 18.0. The molecule has 0 saturated carbocycles. The molecule has 0 radical (unpaired) electrons. The Morgan fingerprint density at radius 3 is 2.00 bits per heavy atom. The van der Waals surface area contributed by atoms with Gasteiger partial charge in [-0.25, -0.2) is 0 Å². The molecule has 0 spiro atoms. The zero-order chi connectivity index (χ0) is 15.9. The van der Waals surface area contributed by atoms with Gasteiger partial charge in [0.2, 0.25) is 0 Å². The number of benzene rings is 1. The summed E-state index contributed by atoms with van der Waals surface area (Å²) in [5.74, 6) is 0.595. The molecule has 0 aliphatic carbocycles. The monoisotopic (exact) mass is 312 g/mol. The van der Waals surface area contributed by atoms with E-state index in [-0.39, 0.29) is 5.75 Å². The van der Waals surface area contributed by atoms with E-state index in [0.29, 0.717) is 12.2 Å². The molecule has 0 unspecified atom stereocenters. The van der Waals surface area contributed by atoms with Gasteiger partial charge in [0.1, 0.15) is 5.75 Å². The second kappa shape index (κ2) is 8.42. The first-order valence-corrected chi connectivity index (χ1v) is 9.43. The Labute approximate surface area is 129 Å². The Kier molecular flexibility index (Phi) is 7.23. The fourth-order valence-corrected chi connectivity index (χ4v) is 3.68. The van der Waals surface area contributed by atoms with Crippen molar-refractivity contribution in [3.05, 3.63) is 28.8 Å². The van der Waals surface area contributed by atoms with Crippen LogP contribution in [0.5, 0.6) is 5.75 Å². The quantitative estimate of drug-likeness (QED) is 0.491. The van der Waals surface area contributed by atoms with Crippen molar-refractivity contribution in [3.63, 3.8) is 0 Å². The highest BCUT2D eigenvalue weighted by molar-refractivity contribution is 7.87. The maximum atomic E-state index is 12.1. The molecule has 0 heterocycles. The van der Waals surface area contributed by atoms with Crippen LogP contribution in [-0.2, 0) is 10.1 Å². The lowest BCUT2D eigenvalue weighted by molar-refractivity contribution is 0.478. The largest absolute Gasteiger partial charge is 0.382 e. The zero-order valence-corrected chi connectivity index (χ0v) is 14.6. The molecule has 1 aromatic carbocycles. The van der Waals surface area contributed by atoms with Crippen molar-refractivity contribution < 1.29 is 12.6 Å². The van der Waals surface area contributed by atoms with Gasteiger partial charge in [-0.05, 0) is 38.3 Å². The Bertz CT molecular complexity index is 524. The summed E-state index contributed by atoms with van der Waals surface area (Å²) in [7, 11) is -3.49. The van der Waals surface area contributed by atoms with Crippen LogP contribution in [0.2, 0.25) is 0 Å². The molecule has 0 fully saturated rings. The molecule has 120 valence electrons. The van der Waals surface area contributed by atoms with Crippen LogP contribution in [0.1, 0.15) is 62.1 Å². The summed E-state index contributed by atoms with van der Waals surface area (Å²) in [5, 5.41) is 0. The number of aryl methyl sites for hydroxylation is 3. The molecule has 0 saturated heterocycles. The zero-order valence-electron chi connectivity index (χ0n) is 13.7. The van der Waals surface area contributed by atoms with E-state index in [1.54, 1.807) is 0 Å². The molecule has 0 bridgehead atoms. The predicted molar refractivity (Wildman–Crippen MR) is 88.4 cm³/mol. The van der Waals surface area contributed by atoms with Gasteiger partial charge in [-0.15, -0.1) is 0 Å². The summed E-state index contributed by atoms with van der Waals surface area (Å²) in [6, 6.07) is 3.89. The average Bonchev–Trinajstić information content (AvgIpc) is 2.38. The Morgan fingerprint density at radius 1 is 0.905 bits per heavy atom. The van der Waals surface area contributed by atoms with E-state index in [0.717, 1.165) is 29.5 Å². The highest BCUT2D eigenvalue weighted by Crippen LogP contribution is 2.26. The Morgan fingerprint density at radius 2 is 1.43 bits per heavy atom. The van der Waals surface area contributed by atoms with Gasteiger partial charge in [-0.2, -0.15) is 8.42 Å². The van der Waals surface area contributed by atoms with Gasteiger partial charge in [-0.1, -0.05) is 56.7 Å². The molecule has 1 rings (SSSR count). The lowest BCUT2D eigenvalue weighted by atomic mass is 10.1. The highest BCUT2D eigenvalue weighted by Gasteiger charge is 2.16. The van der Waals surface area contributed by atoms with Crippen LogP contribution in [0.15, 0.2) is 12.1 Å². The molecule has 0 amide bonds. The van der Waals surface area contributed by atoms with Gasteiger partial charge in [0.25, 0.3) is 0 Å². The second-order valence-electron chi connectivity index (χ2n) is 5.84. The number of hydrogen-bond acceptors (Lipinski definition) is 3. The Hall–Kier alpha value is -1.03. The van der Waals surface area contributed by atoms with E-state index in [1.165, 1.54) is 19.3 Å². The molecular formula is C17H28O3S. The maximum Gasteiger partial charge on any atom is 0.309 e. The third kappa shape index (κ3) is 6.51. The van der Waals surface area contributed by atoms with Crippen molar-refractivity contribution in [2.45, 2.75) is 66.2 Å². The van der Waals surface area contributed by atoms with Crippen molar-refractivity contribution in [2.75, 3.05) is 5.75 Å². The number of rotatable bonds is 9. The van der Waals surface area contributed by atoms with Gasteiger partial charge >= 0.3 is 10.1 Å². The predicted octanol–water partition coefficient (Wildman–Crippen LogP) is 4.68. The van der Waals surface area contributed by atoms with Gasteiger partial charge in [0.15, 0.2) is 0 Å². The van der Waals surface area contributed by atoms with E-state index in [2.05, 4.69) is 6.92 Å². The minimum absolute atomic E-state index is 0.103. The van der Waals surface area contributed by atoms with Crippen molar-refractivity contribution >= 4 is 10.1 Å². The summed E-state index contributed by atoms with van der Waals surface area (Å²) < 4.78 is 29.4. The molecule has 0 aliphatic rings. The van der Waals surface area contributed by atoms with Crippen LogP contribution in [-0.4, -0.2) is 14.2 Å². The van der Waals surface area contributed by atoms with Crippen LogP contribution < -0.4 is 4.18 Å². The Balaban J connectivity index is 2.53. The molecular weight excluding hydrogens is 284 g/mol. The first-order chi connectivity index (χ1) is 9.85. The fourth-order valence-electron chi connectivity index (χ4n) is 2.53. The smallest absolute Gasteiger partial charge is 0.309 e. The molecule has 0 aliphatic heterocycles. The lowest BCUT2D eigenvalue weighted by Gasteiger charge is -2.13. The summed E-state index contributed by atoms with van der Waals surface area (Å²) in [4.78, 5) is 0.